The van der Waals surface area contributed by atoms with Crippen molar-refractivity contribution in [3.63, 3.8) is 0 Å². The van der Waals surface area contributed by atoms with E-state index < -0.39 is 0 Å². The van der Waals surface area contributed by atoms with Crippen molar-refractivity contribution in [1.82, 2.24) is 10.2 Å². The first-order valence-corrected chi connectivity index (χ1v) is 10.1. The lowest BCUT2D eigenvalue weighted by Crippen LogP contribution is -2.45. The van der Waals surface area contributed by atoms with E-state index in [-0.39, 0.29) is 0 Å². The van der Waals surface area contributed by atoms with Gasteiger partial charge in [-0.25, -0.2) is 0 Å². The van der Waals surface area contributed by atoms with Crippen molar-refractivity contribution >= 4 is 28.7 Å². The fourth-order valence-corrected chi connectivity index (χ4v) is 5.01. The molecular weight excluding hydrogens is 352 g/mol. The van der Waals surface area contributed by atoms with E-state index in [9.17, 15) is 0 Å². The standard InChI is InChI=1S/C19H20N2O2S2/c24-19(20-10-12-1-4-15-16(9-12)23-11-22-15)21-7-5-17-14(6-8-25-17)18(21)13-2-3-13/h1,4,6,8-9,13,18H,2-3,5,7,10-11H2,(H,20,24)/t18-/m0/s1. The molecule has 2 aliphatic heterocycles. The zero-order valence-electron chi connectivity index (χ0n) is 13.9. The van der Waals surface area contributed by atoms with Crippen LogP contribution in [0.3, 0.4) is 0 Å². The van der Waals surface area contributed by atoms with Gasteiger partial charge in [0, 0.05) is 18.0 Å². The topological polar surface area (TPSA) is 33.7 Å². The number of hydrogen-bond donors (Lipinski definition) is 1. The van der Waals surface area contributed by atoms with Crippen molar-refractivity contribution in [3.05, 3.63) is 45.6 Å². The minimum atomic E-state index is 0.310. The van der Waals surface area contributed by atoms with Gasteiger partial charge in [-0.1, -0.05) is 6.07 Å². The van der Waals surface area contributed by atoms with Crippen LogP contribution < -0.4 is 14.8 Å². The average Bonchev–Trinajstić information content (AvgIpc) is 3.17. The van der Waals surface area contributed by atoms with Gasteiger partial charge in [-0.15, -0.1) is 11.3 Å². The maximum Gasteiger partial charge on any atom is 0.231 e. The molecule has 1 aromatic heterocycles. The number of fused-ring (bicyclic) bond motifs is 2. The fraction of sp³-hybridized carbons (Fsp3) is 0.421. The van der Waals surface area contributed by atoms with Gasteiger partial charge in [-0.2, -0.15) is 0 Å². The third-order valence-electron chi connectivity index (χ3n) is 5.22. The molecule has 1 atom stereocenters. The summed E-state index contributed by atoms with van der Waals surface area (Å²) in [5.41, 5.74) is 2.66. The Labute approximate surface area is 156 Å². The van der Waals surface area contributed by atoms with Crippen molar-refractivity contribution in [2.24, 2.45) is 5.92 Å². The molecule has 0 spiro atoms. The fourth-order valence-electron chi connectivity index (χ4n) is 3.82. The second kappa shape index (κ2) is 6.18. The van der Waals surface area contributed by atoms with Crippen LogP contribution in [0.4, 0.5) is 0 Å². The molecule has 25 heavy (non-hydrogen) atoms. The Balaban J connectivity index is 1.29. The Morgan fingerprint density at radius 1 is 1.24 bits per heavy atom. The molecule has 3 heterocycles. The van der Waals surface area contributed by atoms with E-state index in [0.717, 1.165) is 41.1 Å². The molecule has 6 heteroatoms. The molecule has 1 fully saturated rings. The Morgan fingerprint density at radius 2 is 2.12 bits per heavy atom. The maximum absolute atomic E-state index is 5.76. The van der Waals surface area contributed by atoms with Crippen molar-refractivity contribution in [2.45, 2.75) is 31.8 Å². The van der Waals surface area contributed by atoms with Gasteiger partial charge in [-0.3, -0.25) is 0 Å². The molecule has 5 rings (SSSR count). The van der Waals surface area contributed by atoms with Crippen LogP contribution in [-0.4, -0.2) is 23.4 Å². The largest absolute Gasteiger partial charge is 0.454 e. The summed E-state index contributed by atoms with van der Waals surface area (Å²) in [5, 5.41) is 6.56. The molecule has 130 valence electrons. The molecule has 0 unspecified atom stereocenters. The quantitative estimate of drug-likeness (QED) is 0.828. The second-order valence-electron chi connectivity index (χ2n) is 6.87. The molecule has 3 aliphatic rings. The predicted octanol–water partition coefficient (Wildman–Crippen LogP) is 3.86. The number of nitrogens with one attached hydrogen (secondary N) is 1. The summed E-state index contributed by atoms with van der Waals surface area (Å²) < 4.78 is 10.8. The van der Waals surface area contributed by atoms with Crippen LogP contribution in [0, 0.1) is 5.92 Å². The van der Waals surface area contributed by atoms with Crippen LogP contribution in [0.2, 0.25) is 0 Å². The number of benzene rings is 1. The molecule has 0 bridgehead atoms. The van der Waals surface area contributed by atoms with Gasteiger partial charge in [0.1, 0.15) is 0 Å². The van der Waals surface area contributed by atoms with E-state index in [1.54, 1.807) is 4.88 Å². The molecule has 0 amide bonds. The van der Waals surface area contributed by atoms with Gasteiger partial charge in [0.2, 0.25) is 6.79 Å². The highest BCUT2D eigenvalue weighted by Crippen LogP contribution is 2.48. The summed E-state index contributed by atoms with van der Waals surface area (Å²) in [5.74, 6) is 2.40. The van der Waals surface area contributed by atoms with E-state index >= 15 is 0 Å². The van der Waals surface area contributed by atoms with Gasteiger partial charge in [0.15, 0.2) is 16.6 Å². The van der Waals surface area contributed by atoms with Crippen molar-refractivity contribution in [1.29, 1.82) is 0 Å². The van der Waals surface area contributed by atoms with Crippen LogP contribution in [0.5, 0.6) is 11.5 Å². The van der Waals surface area contributed by atoms with Crippen LogP contribution in [-0.2, 0) is 13.0 Å². The lowest BCUT2D eigenvalue weighted by atomic mass is 9.96. The average molecular weight is 373 g/mol. The van der Waals surface area contributed by atoms with Crippen molar-refractivity contribution in [3.8, 4) is 11.5 Å². The highest BCUT2D eigenvalue weighted by molar-refractivity contribution is 7.80. The summed E-state index contributed by atoms with van der Waals surface area (Å²) in [4.78, 5) is 3.96. The second-order valence-corrected chi connectivity index (χ2v) is 8.26. The summed E-state index contributed by atoms with van der Waals surface area (Å²) in [6, 6.07) is 8.83. The maximum atomic E-state index is 5.76. The minimum Gasteiger partial charge on any atom is -0.454 e. The number of rotatable bonds is 3. The monoisotopic (exact) mass is 372 g/mol. The number of ether oxygens (including phenoxy) is 2. The molecule has 1 aliphatic carbocycles. The molecule has 2 aromatic rings. The predicted molar refractivity (Wildman–Crippen MR) is 102 cm³/mol. The normalized spacial score (nSPS) is 21.1. The SMILES string of the molecule is S=C(NCc1ccc2c(c1)OCO2)N1CCc2sccc2[C@@H]1C1CC1. The van der Waals surface area contributed by atoms with E-state index in [0.29, 0.717) is 19.4 Å². The van der Waals surface area contributed by atoms with Crippen LogP contribution in [0.25, 0.3) is 0 Å². The number of thiophene rings is 1. The first kappa shape index (κ1) is 15.5. The lowest BCUT2D eigenvalue weighted by molar-refractivity contribution is 0.174. The zero-order valence-corrected chi connectivity index (χ0v) is 15.5. The molecular formula is C19H20N2O2S2. The molecule has 4 nitrogen and oxygen atoms in total. The highest BCUT2D eigenvalue weighted by Gasteiger charge is 2.40. The Bertz CT molecular complexity index is 816. The lowest BCUT2D eigenvalue weighted by Gasteiger charge is -2.38. The third kappa shape index (κ3) is 2.87. The first-order valence-electron chi connectivity index (χ1n) is 8.79. The number of nitrogens with zero attached hydrogens (tertiary/aromatic N) is 1. The Kier molecular flexibility index (Phi) is 3.82. The van der Waals surface area contributed by atoms with Crippen LogP contribution >= 0.6 is 23.6 Å². The minimum absolute atomic E-state index is 0.310. The van der Waals surface area contributed by atoms with Crippen molar-refractivity contribution in [2.75, 3.05) is 13.3 Å². The Morgan fingerprint density at radius 3 is 3.00 bits per heavy atom. The summed E-state index contributed by atoms with van der Waals surface area (Å²) in [7, 11) is 0. The molecule has 0 saturated heterocycles. The smallest absolute Gasteiger partial charge is 0.231 e. The number of hydrogen-bond acceptors (Lipinski definition) is 4. The van der Waals surface area contributed by atoms with Crippen LogP contribution in [0.1, 0.15) is 34.9 Å². The van der Waals surface area contributed by atoms with E-state index in [4.69, 9.17) is 21.7 Å². The van der Waals surface area contributed by atoms with Crippen LogP contribution in [0.15, 0.2) is 29.6 Å². The first-order chi connectivity index (χ1) is 12.3. The summed E-state index contributed by atoms with van der Waals surface area (Å²) in [6.07, 6.45) is 3.74. The molecule has 1 aromatic carbocycles. The van der Waals surface area contributed by atoms with Gasteiger partial charge in [0.05, 0.1) is 6.04 Å². The van der Waals surface area contributed by atoms with Gasteiger partial charge < -0.3 is 19.7 Å². The molecule has 1 saturated carbocycles. The van der Waals surface area contributed by atoms with Gasteiger partial charge >= 0.3 is 0 Å². The molecule has 1 N–H and O–H groups in total. The van der Waals surface area contributed by atoms with E-state index in [1.807, 2.05) is 23.5 Å². The third-order valence-corrected chi connectivity index (χ3v) is 6.60. The summed E-state index contributed by atoms with van der Waals surface area (Å²) >= 11 is 7.66. The van der Waals surface area contributed by atoms with Gasteiger partial charge in [0.25, 0.3) is 0 Å². The van der Waals surface area contributed by atoms with E-state index in [1.165, 1.54) is 18.4 Å². The highest BCUT2D eigenvalue weighted by atomic mass is 32.1. The van der Waals surface area contributed by atoms with E-state index in [2.05, 4.69) is 27.7 Å². The Hall–Kier alpha value is -1.79. The number of thiocarbonyl (C=S) groups is 1. The van der Waals surface area contributed by atoms with Crippen molar-refractivity contribution < 1.29 is 9.47 Å². The zero-order chi connectivity index (χ0) is 16.8. The summed E-state index contributed by atoms with van der Waals surface area (Å²) in [6.45, 7) is 2.03. The van der Waals surface area contributed by atoms with Gasteiger partial charge in [-0.05, 0) is 72.1 Å². The molecule has 0 radical (unpaired) electrons.